The van der Waals surface area contributed by atoms with Gasteiger partial charge in [0, 0.05) is 24.7 Å². The molecular weight excluding hydrogens is 516 g/mol. The van der Waals surface area contributed by atoms with E-state index in [4.69, 9.17) is 24.2 Å². The van der Waals surface area contributed by atoms with Crippen molar-refractivity contribution in [1.29, 1.82) is 0 Å². The van der Waals surface area contributed by atoms with E-state index >= 15 is 0 Å². The van der Waals surface area contributed by atoms with Crippen molar-refractivity contribution in [2.45, 2.75) is 39.0 Å². The van der Waals surface area contributed by atoms with Gasteiger partial charge < -0.3 is 19.7 Å². The third kappa shape index (κ3) is 14.1. The van der Waals surface area contributed by atoms with Gasteiger partial charge in [-0.25, -0.2) is 0 Å². The molecule has 3 N–H and O–H groups in total. The number of benzene rings is 3. The Morgan fingerprint density at radius 1 is 0.744 bits per heavy atom. The Kier molecular flexibility index (Phi) is 17.4. The summed E-state index contributed by atoms with van der Waals surface area (Å²) in [6.07, 6.45) is 0.894. The summed E-state index contributed by atoms with van der Waals surface area (Å²) in [5.74, 6) is 13.3. The molecule has 0 atom stereocenters. The molecule has 0 fully saturated rings. The number of methoxy groups -OCH3 is 2. The molecular formula is C31H38O7S. The Morgan fingerprint density at radius 2 is 1.18 bits per heavy atom. The first kappa shape index (κ1) is 35.2. The van der Waals surface area contributed by atoms with E-state index in [2.05, 4.69) is 23.7 Å². The first-order valence-electron chi connectivity index (χ1n) is 11.9. The minimum Gasteiger partial charge on any atom is -0.496 e. The number of aryl methyl sites for hydroxylation is 3. The minimum absolute atomic E-state index is 0.0666. The van der Waals surface area contributed by atoms with Gasteiger partial charge in [0.05, 0.1) is 19.1 Å². The van der Waals surface area contributed by atoms with Crippen LogP contribution in [-0.2, 0) is 10.1 Å². The number of rotatable bonds is 3. The highest BCUT2D eigenvalue weighted by Gasteiger charge is 2.06. The van der Waals surface area contributed by atoms with Crippen molar-refractivity contribution in [3.63, 3.8) is 0 Å². The molecule has 3 aromatic rings. The average Bonchev–Trinajstić information content (AvgIpc) is 2.92. The normalized spacial score (nSPS) is 9.28. The van der Waals surface area contributed by atoms with Crippen LogP contribution in [0.3, 0.4) is 0 Å². The lowest BCUT2D eigenvalue weighted by molar-refractivity contribution is 0.350. The molecule has 0 bridgehead atoms. The molecule has 0 aromatic heterocycles. The van der Waals surface area contributed by atoms with E-state index in [0.29, 0.717) is 0 Å². The second kappa shape index (κ2) is 19.3. The highest BCUT2D eigenvalue weighted by Crippen LogP contribution is 2.18. The summed E-state index contributed by atoms with van der Waals surface area (Å²) in [6, 6.07) is 17.6. The lowest BCUT2D eigenvalue weighted by atomic mass is 10.1. The van der Waals surface area contributed by atoms with E-state index in [9.17, 15) is 8.42 Å². The number of ether oxygens (including phenoxy) is 2. The molecule has 210 valence electrons. The molecule has 7 nitrogen and oxygen atoms in total. The SMILES string of the molecule is CCC#Cc1ccc(OC)c(C)c1.CO.COc1ccc(C#CCO)cc1C.Cc1ccc(S(=O)(=O)O)cc1. The molecule has 0 amide bonds. The Bertz CT molecular complexity index is 1300. The zero-order valence-corrected chi connectivity index (χ0v) is 24.4. The smallest absolute Gasteiger partial charge is 0.294 e. The molecule has 0 aliphatic rings. The lowest BCUT2D eigenvalue weighted by Gasteiger charge is -2.03. The van der Waals surface area contributed by atoms with E-state index < -0.39 is 10.1 Å². The Hall–Kier alpha value is -3.79. The summed E-state index contributed by atoms with van der Waals surface area (Å²) in [7, 11) is 0.301. The molecule has 0 radical (unpaired) electrons. The fourth-order valence-electron chi connectivity index (χ4n) is 2.95. The largest absolute Gasteiger partial charge is 0.496 e. The van der Waals surface area contributed by atoms with Gasteiger partial charge in [0.15, 0.2) is 0 Å². The molecule has 0 aliphatic carbocycles. The Balaban J connectivity index is 0.000000540. The van der Waals surface area contributed by atoms with Crippen molar-refractivity contribution in [2.24, 2.45) is 0 Å². The summed E-state index contributed by atoms with van der Waals surface area (Å²) in [4.78, 5) is -0.0666. The monoisotopic (exact) mass is 554 g/mol. The third-order valence-corrected chi connectivity index (χ3v) is 5.70. The van der Waals surface area contributed by atoms with Crippen LogP contribution in [0.1, 0.15) is 41.2 Å². The van der Waals surface area contributed by atoms with Gasteiger partial charge in [0.1, 0.15) is 18.1 Å². The summed E-state index contributed by atoms with van der Waals surface area (Å²) < 4.78 is 39.8. The molecule has 0 saturated heterocycles. The van der Waals surface area contributed by atoms with Crippen molar-refractivity contribution in [3.05, 3.63) is 88.5 Å². The molecule has 3 aromatic carbocycles. The van der Waals surface area contributed by atoms with Gasteiger partial charge in [-0.1, -0.05) is 48.3 Å². The second-order valence-electron chi connectivity index (χ2n) is 7.77. The molecule has 39 heavy (non-hydrogen) atoms. The van der Waals surface area contributed by atoms with E-state index in [-0.39, 0.29) is 11.5 Å². The number of aliphatic hydroxyl groups excluding tert-OH is 2. The van der Waals surface area contributed by atoms with Crippen LogP contribution in [0, 0.1) is 44.5 Å². The van der Waals surface area contributed by atoms with E-state index in [1.807, 2.05) is 64.1 Å². The standard InChI is InChI=1S/C12H14O.C11H12O2.C7H8O3S.CH4O/c1-4-5-6-11-7-8-12(13-3)10(2)9-11;1-9-8-10(4-3-7-12)5-6-11(9)13-2;1-6-2-4-7(5-3-6)11(8,9)10;1-2/h7-9H,4H2,1-3H3;5-6,8,12H,7H2,1-2H3;2-5H,1H3,(H,8,9,10);2H,1H3. The van der Waals surface area contributed by atoms with Gasteiger partial charge in [0.2, 0.25) is 0 Å². The molecule has 0 aliphatic heterocycles. The molecule has 0 spiro atoms. The lowest BCUT2D eigenvalue weighted by Crippen LogP contribution is -1.96. The fraction of sp³-hybridized carbons (Fsp3) is 0.290. The van der Waals surface area contributed by atoms with Crippen LogP contribution in [0.15, 0.2) is 65.6 Å². The summed E-state index contributed by atoms with van der Waals surface area (Å²) >= 11 is 0. The highest BCUT2D eigenvalue weighted by atomic mass is 32.2. The number of aliphatic hydroxyl groups is 2. The van der Waals surface area contributed by atoms with Crippen LogP contribution in [-0.4, -0.2) is 51.1 Å². The highest BCUT2D eigenvalue weighted by molar-refractivity contribution is 7.85. The van der Waals surface area contributed by atoms with Gasteiger partial charge in [-0.15, -0.1) is 0 Å². The van der Waals surface area contributed by atoms with Crippen molar-refractivity contribution in [1.82, 2.24) is 0 Å². The van der Waals surface area contributed by atoms with Crippen LogP contribution in [0.25, 0.3) is 0 Å². The van der Waals surface area contributed by atoms with Gasteiger partial charge >= 0.3 is 0 Å². The third-order valence-electron chi connectivity index (χ3n) is 4.83. The zero-order chi connectivity index (χ0) is 29.8. The molecule has 3 rings (SSSR count). The maximum Gasteiger partial charge on any atom is 0.294 e. The topological polar surface area (TPSA) is 113 Å². The first-order valence-corrected chi connectivity index (χ1v) is 13.4. The van der Waals surface area contributed by atoms with E-state index in [1.54, 1.807) is 26.4 Å². The predicted octanol–water partition coefficient (Wildman–Crippen LogP) is 4.96. The molecule has 0 heterocycles. The fourth-order valence-corrected chi connectivity index (χ4v) is 3.43. The number of hydrogen-bond acceptors (Lipinski definition) is 6. The van der Waals surface area contributed by atoms with Crippen LogP contribution >= 0.6 is 0 Å². The van der Waals surface area contributed by atoms with Crippen molar-refractivity contribution in [3.8, 4) is 35.2 Å². The molecule has 8 heteroatoms. The van der Waals surface area contributed by atoms with Crippen LogP contribution in [0.5, 0.6) is 11.5 Å². The molecule has 0 saturated carbocycles. The van der Waals surface area contributed by atoms with E-state index in [1.165, 1.54) is 12.1 Å². The van der Waals surface area contributed by atoms with Crippen LogP contribution in [0.2, 0.25) is 0 Å². The predicted molar refractivity (Wildman–Crippen MR) is 156 cm³/mol. The van der Waals surface area contributed by atoms with Gasteiger partial charge in [-0.2, -0.15) is 8.42 Å². The quantitative estimate of drug-likeness (QED) is 0.310. The maximum absolute atomic E-state index is 10.5. The Morgan fingerprint density at radius 3 is 1.51 bits per heavy atom. The van der Waals surface area contributed by atoms with Crippen molar-refractivity contribution >= 4 is 10.1 Å². The van der Waals surface area contributed by atoms with Gasteiger partial charge in [-0.3, -0.25) is 4.55 Å². The molecule has 0 unspecified atom stereocenters. The minimum atomic E-state index is -4.02. The summed E-state index contributed by atoms with van der Waals surface area (Å²) in [6.45, 7) is 7.77. The zero-order valence-electron chi connectivity index (χ0n) is 23.6. The summed E-state index contributed by atoms with van der Waals surface area (Å²) in [5, 5.41) is 15.5. The summed E-state index contributed by atoms with van der Waals surface area (Å²) in [5.41, 5.74) is 5.09. The first-order chi connectivity index (χ1) is 18.5. The Labute approximate surface area is 233 Å². The van der Waals surface area contributed by atoms with Gasteiger partial charge in [-0.05, 0) is 80.4 Å². The van der Waals surface area contributed by atoms with Crippen molar-refractivity contribution in [2.75, 3.05) is 27.9 Å². The van der Waals surface area contributed by atoms with Crippen LogP contribution in [0.4, 0.5) is 0 Å². The van der Waals surface area contributed by atoms with Crippen LogP contribution < -0.4 is 9.47 Å². The van der Waals surface area contributed by atoms with Crippen molar-refractivity contribution < 1.29 is 32.7 Å². The average molecular weight is 555 g/mol. The van der Waals surface area contributed by atoms with E-state index in [0.717, 1.165) is 52.8 Å². The number of hydrogen-bond donors (Lipinski definition) is 3. The maximum atomic E-state index is 10.5. The van der Waals surface area contributed by atoms with Gasteiger partial charge in [0.25, 0.3) is 10.1 Å². The second-order valence-corrected chi connectivity index (χ2v) is 9.19.